The van der Waals surface area contributed by atoms with Crippen LogP contribution < -0.4 is 0 Å². The molecule has 1 aromatic carbocycles. The van der Waals surface area contributed by atoms with E-state index in [-0.39, 0.29) is 15.5 Å². The van der Waals surface area contributed by atoms with Gasteiger partial charge in [-0.05, 0) is 18.2 Å². The fraction of sp³-hybridized carbons (Fsp3) is 0.364. The van der Waals surface area contributed by atoms with Crippen molar-refractivity contribution in [2.45, 2.75) is 4.90 Å². The summed E-state index contributed by atoms with van der Waals surface area (Å²) in [4.78, 5) is -0.0230. The van der Waals surface area contributed by atoms with E-state index in [1.807, 2.05) is 6.07 Å². The molecule has 0 amide bonds. The molecule has 0 saturated carbocycles. The molecule has 1 heterocycles. The Morgan fingerprint density at radius 2 is 2.00 bits per heavy atom. The zero-order valence-electron chi connectivity index (χ0n) is 9.47. The van der Waals surface area contributed by atoms with Crippen LogP contribution in [0.4, 0.5) is 0 Å². The number of ether oxygens (including phenoxy) is 1. The zero-order chi connectivity index (χ0) is 13.2. The van der Waals surface area contributed by atoms with E-state index in [9.17, 15) is 8.42 Å². The van der Waals surface area contributed by atoms with Gasteiger partial charge in [-0.25, -0.2) is 8.42 Å². The Bertz CT molecular complexity index is 589. The van der Waals surface area contributed by atoms with Gasteiger partial charge in [-0.3, -0.25) is 0 Å². The second kappa shape index (κ2) is 5.24. The molecule has 1 saturated heterocycles. The number of nitrogens with zero attached hydrogens (tertiary/aromatic N) is 2. The van der Waals surface area contributed by atoms with Crippen molar-refractivity contribution in [1.29, 1.82) is 5.26 Å². The monoisotopic (exact) mass is 286 g/mol. The summed E-state index contributed by atoms with van der Waals surface area (Å²) >= 11 is 5.91. The number of rotatable bonds is 2. The number of halogens is 1. The normalized spacial score (nSPS) is 17.3. The minimum absolute atomic E-state index is 0.0230. The molecule has 7 heteroatoms. The molecule has 96 valence electrons. The molecule has 18 heavy (non-hydrogen) atoms. The summed E-state index contributed by atoms with van der Waals surface area (Å²) in [5.41, 5.74) is 0.270. The van der Waals surface area contributed by atoms with Gasteiger partial charge in [0.05, 0.1) is 29.9 Å². The lowest BCUT2D eigenvalue weighted by molar-refractivity contribution is 0.0730. The summed E-state index contributed by atoms with van der Waals surface area (Å²) in [5.74, 6) is 0. The second-order valence-electron chi connectivity index (χ2n) is 3.77. The Balaban J connectivity index is 2.43. The van der Waals surface area contributed by atoms with Crippen LogP contribution in [-0.4, -0.2) is 39.0 Å². The Morgan fingerprint density at radius 1 is 1.33 bits per heavy atom. The first-order valence-electron chi connectivity index (χ1n) is 5.33. The third-order valence-corrected chi connectivity index (χ3v) is 5.03. The molecule has 0 bridgehead atoms. The maximum atomic E-state index is 12.4. The van der Waals surface area contributed by atoms with Crippen molar-refractivity contribution in [2.24, 2.45) is 0 Å². The topological polar surface area (TPSA) is 70.4 Å². The highest BCUT2D eigenvalue weighted by atomic mass is 35.5. The summed E-state index contributed by atoms with van der Waals surface area (Å²) in [5, 5.41) is 8.93. The van der Waals surface area contributed by atoms with E-state index in [1.54, 1.807) is 0 Å². The summed E-state index contributed by atoms with van der Waals surface area (Å²) in [7, 11) is -3.66. The van der Waals surface area contributed by atoms with Crippen LogP contribution >= 0.6 is 11.6 Å². The second-order valence-corrected chi connectivity index (χ2v) is 6.09. The molecule has 0 aromatic heterocycles. The van der Waals surface area contributed by atoms with E-state index >= 15 is 0 Å². The van der Waals surface area contributed by atoms with E-state index in [1.165, 1.54) is 22.5 Å². The standard InChI is InChI=1S/C11H11ClN2O3S/c12-10-2-1-9(8-13)7-11(10)18(15,16)14-3-5-17-6-4-14/h1-2,7H,3-6H2. The van der Waals surface area contributed by atoms with Crippen molar-refractivity contribution in [1.82, 2.24) is 4.31 Å². The average Bonchev–Trinajstić information content (AvgIpc) is 2.40. The molecule has 1 fully saturated rings. The van der Waals surface area contributed by atoms with Gasteiger partial charge >= 0.3 is 0 Å². The maximum Gasteiger partial charge on any atom is 0.244 e. The minimum atomic E-state index is -3.66. The highest BCUT2D eigenvalue weighted by Crippen LogP contribution is 2.26. The molecule has 1 aliphatic rings. The summed E-state index contributed by atoms with van der Waals surface area (Å²) < 4.78 is 31.1. The Morgan fingerprint density at radius 3 is 2.61 bits per heavy atom. The van der Waals surface area contributed by atoms with Gasteiger partial charge in [0.15, 0.2) is 0 Å². The molecule has 0 unspecified atom stereocenters. The fourth-order valence-electron chi connectivity index (χ4n) is 1.70. The van der Waals surface area contributed by atoms with Crippen LogP contribution in [-0.2, 0) is 14.8 Å². The highest BCUT2D eigenvalue weighted by Gasteiger charge is 2.28. The van der Waals surface area contributed by atoms with Gasteiger partial charge < -0.3 is 4.74 Å². The summed E-state index contributed by atoms with van der Waals surface area (Å²) in [6, 6.07) is 6.11. The molecule has 0 radical (unpaired) electrons. The van der Waals surface area contributed by atoms with Crippen molar-refractivity contribution in [3.05, 3.63) is 28.8 Å². The Labute approximate surface area is 111 Å². The van der Waals surface area contributed by atoms with Gasteiger partial charge in [0.25, 0.3) is 0 Å². The van der Waals surface area contributed by atoms with Crippen molar-refractivity contribution in [3.63, 3.8) is 0 Å². The van der Waals surface area contributed by atoms with Crippen LogP contribution in [0.1, 0.15) is 5.56 Å². The molecule has 0 N–H and O–H groups in total. The predicted molar refractivity (Wildman–Crippen MR) is 65.7 cm³/mol. The number of sulfonamides is 1. The van der Waals surface area contributed by atoms with Crippen LogP contribution in [0.25, 0.3) is 0 Å². The lowest BCUT2D eigenvalue weighted by Crippen LogP contribution is -2.40. The summed E-state index contributed by atoms with van der Waals surface area (Å²) in [6.45, 7) is 1.34. The SMILES string of the molecule is N#Cc1ccc(Cl)c(S(=O)(=O)N2CCOCC2)c1. The molecule has 0 spiro atoms. The van der Waals surface area contributed by atoms with Crippen LogP contribution in [0.3, 0.4) is 0 Å². The lowest BCUT2D eigenvalue weighted by atomic mass is 10.2. The molecule has 5 nitrogen and oxygen atoms in total. The average molecular weight is 287 g/mol. The number of hydrogen-bond donors (Lipinski definition) is 0. The quantitative estimate of drug-likeness (QED) is 0.820. The highest BCUT2D eigenvalue weighted by molar-refractivity contribution is 7.89. The van der Waals surface area contributed by atoms with Crippen LogP contribution in [0.15, 0.2) is 23.1 Å². The van der Waals surface area contributed by atoms with Crippen LogP contribution in [0, 0.1) is 11.3 Å². The van der Waals surface area contributed by atoms with Crippen molar-refractivity contribution < 1.29 is 13.2 Å². The van der Waals surface area contributed by atoms with Crippen molar-refractivity contribution >= 4 is 21.6 Å². The smallest absolute Gasteiger partial charge is 0.244 e. The van der Waals surface area contributed by atoms with E-state index in [4.69, 9.17) is 21.6 Å². The van der Waals surface area contributed by atoms with E-state index in [2.05, 4.69) is 0 Å². The van der Waals surface area contributed by atoms with Gasteiger partial charge in [0.1, 0.15) is 4.90 Å². The molecule has 0 atom stereocenters. The van der Waals surface area contributed by atoms with Gasteiger partial charge in [-0.2, -0.15) is 9.57 Å². The predicted octanol–water partition coefficient (Wildman–Crippen LogP) is 1.23. The number of hydrogen-bond acceptors (Lipinski definition) is 4. The van der Waals surface area contributed by atoms with Gasteiger partial charge in [0, 0.05) is 13.1 Å². The van der Waals surface area contributed by atoms with E-state index in [0.717, 1.165) is 0 Å². The van der Waals surface area contributed by atoms with Gasteiger partial charge in [0.2, 0.25) is 10.0 Å². The fourth-order valence-corrected chi connectivity index (χ4v) is 3.60. The van der Waals surface area contributed by atoms with Crippen LogP contribution in [0.5, 0.6) is 0 Å². The molecule has 1 aliphatic heterocycles. The zero-order valence-corrected chi connectivity index (χ0v) is 11.0. The molecule has 1 aromatic rings. The summed E-state index contributed by atoms with van der Waals surface area (Å²) in [6.07, 6.45) is 0. The number of morpholine rings is 1. The molecular weight excluding hydrogens is 276 g/mol. The third-order valence-electron chi connectivity index (χ3n) is 2.65. The van der Waals surface area contributed by atoms with E-state index < -0.39 is 10.0 Å². The first-order valence-corrected chi connectivity index (χ1v) is 7.15. The van der Waals surface area contributed by atoms with Crippen molar-refractivity contribution in [3.8, 4) is 6.07 Å². The Hall–Kier alpha value is -1.13. The number of benzene rings is 1. The molecule has 2 rings (SSSR count). The molecule has 0 aliphatic carbocycles. The Kier molecular flexibility index (Phi) is 3.88. The van der Waals surface area contributed by atoms with Crippen molar-refractivity contribution in [2.75, 3.05) is 26.3 Å². The first kappa shape index (κ1) is 13.3. The van der Waals surface area contributed by atoms with Gasteiger partial charge in [-0.15, -0.1) is 0 Å². The number of nitriles is 1. The maximum absolute atomic E-state index is 12.4. The van der Waals surface area contributed by atoms with Gasteiger partial charge in [-0.1, -0.05) is 11.6 Å². The van der Waals surface area contributed by atoms with Crippen LogP contribution in [0.2, 0.25) is 5.02 Å². The third kappa shape index (κ3) is 2.49. The van der Waals surface area contributed by atoms with E-state index in [0.29, 0.717) is 26.3 Å². The first-order chi connectivity index (χ1) is 8.55. The molecular formula is C11H11ClN2O3S. The lowest BCUT2D eigenvalue weighted by Gasteiger charge is -2.26. The minimum Gasteiger partial charge on any atom is -0.379 e. The largest absolute Gasteiger partial charge is 0.379 e.